The van der Waals surface area contributed by atoms with Crippen LogP contribution in [-0.2, 0) is 0 Å². The SMILES string of the molecule is CCOc1cccc(C(=O)Nc2cccc(C(C)O)c2)c1. The summed E-state index contributed by atoms with van der Waals surface area (Å²) < 4.78 is 5.38. The lowest BCUT2D eigenvalue weighted by Crippen LogP contribution is -2.12. The fourth-order valence-corrected chi connectivity index (χ4v) is 1.97. The van der Waals surface area contributed by atoms with Gasteiger partial charge >= 0.3 is 0 Å². The summed E-state index contributed by atoms with van der Waals surface area (Å²) in [6, 6.07) is 14.2. The number of hydrogen-bond donors (Lipinski definition) is 2. The topological polar surface area (TPSA) is 58.6 Å². The van der Waals surface area contributed by atoms with Crippen molar-refractivity contribution in [3.05, 3.63) is 59.7 Å². The Morgan fingerprint density at radius 1 is 1.24 bits per heavy atom. The van der Waals surface area contributed by atoms with E-state index in [1.54, 1.807) is 43.3 Å². The largest absolute Gasteiger partial charge is 0.494 e. The Bertz CT molecular complexity index is 623. The molecule has 0 spiro atoms. The first-order valence-electron chi connectivity index (χ1n) is 6.92. The zero-order valence-corrected chi connectivity index (χ0v) is 12.2. The molecular formula is C17H19NO3. The molecule has 0 bridgehead atoms. The number of rotatable bonds is 5. The van der Waals surface area contributed by atoms with Crippen LogP contribution in [0.25, 0.3) is 0 Å². The number of benzene rings is 2. The highest BCUT2D eigenvalue weighted by atomic mass is 16.5. The first-order valence-corrected chi connectivity index (χ1v) is 6.92. The van der Waals surface area contributed by atoms with Crippen LogP contribution < -0.4 is 10.1 Å². The van der Waals surface area contributed by atoms with E-state index in [1.165, 1.54) is 0 Å². The summed E-state index contributed by atoms with van der Waals surface area (Å²) in [5.41, 5.74) is 1.94. The molecule has 2 aromatic rings. The van der Waals surface area contributed by atoms with Crippen molar-refractivity contribution in [2.24, 2.45) is 0 Å². The number of carbonyl (C=O) groups excluding carboxylic acids is 1. The second-order valence-electron chi connectivity index (χ2n) is 4.72. The summed E-state index contributed by atoms with van der Waals surface area (Å²) in [7, 11) is 0. The lowest BCUT2D eigenvalue weighted by atomic mass is 10.1. The minimum atomic E-state index is -0.567. The smallest absolute Gasteiger partial charge is 0.255 e. The van der Waals surface area contributed by atoms with Crippen molar-refractivity contribution >= 4 is 11.6 Å². The van der Waals surface area contributed by atoms with E-state index in [-0.39, 0.29) is 5.91 Å². The molecule has 0 radical (unpaired) electrons. The average Bonchev–Trinajstić information content (AvgIpc) is 2.48. The molecule has 1 atom stereocenters. The number of aliphatic hydroxyl groups is 1. The quantitative estimate of drug-likeness (QED) is 0.885. The summed E-state index contributed by atoms with van der Waals surface area (Å²) in [4.78, 5) is 12.2. The maximum Gasteiger partial charge on any atom is 0.255 e. The number of aliphatic hydroxyl groups excluding tert-OH is 1. The van der Waals surface area contributed by atoms with Crippen LogP contribution in [0.4, 0.5) is 5.69 Å². The summed E-state index contributed by atoms with van der Waals surface area (Å²) in [6.45, 7) is 4.14. The number of ether oxygens (including phenoxy) is 1. The van der Waals surface area contributed by atoms with Gasteiger partial charge in [0.1, 0.15) is 5.75 Å². The Morgan fingerprint density at radius 2 is 2.00 bits per heavy atom. The molecular weight excluding hydrogens is 266 g/mol. The Balaban J connectivity index is 2.14. The van der Waals surface area contributed by atoms with Crippen molar-refractivity contribution in [1.29, 1.82) is 0 Å². The van der Waals surface area contributed by atoms with Gasteiger partial charge in [-0.1, -0.05) is 18.2 Å². The minimum Gasteiger partial charge on any atom is -0.494 e. The summed E-state index contributed by atoms with van der Waals surface area (Å²) in [5, 5.41) is 12.4. The van der Waals surface area contributed by atoms with Gasteiger partial charge < -0.3 is 15.2 Å². The molecule has 0 aromatic heterocycles. The van der Waals surface area contributed by atoms with Gasteiger partial charge in [-0.3, -0.25) is 4.79 Å². The highest BCUT2D eigenvalue weighted by Gasteiger charge is 2.08. The number of hydrogen-bond acceptors (Lipinski definition) is 3. The zero-order chi connectivity index (χ0) is 15.2. The van der Waals surface area contributed by atoms with Crippen molar-refractivity contribution in [2.75, 3.05) is 11.9 Å². The number of amides is 1. The molecule has 4 nitrogen and oxygen atoms in total. The third-order valence-electron chi connectivity index (χ3n) is 3.03. The Morgan fingerprint density at radius 3 is 2.71 bits per heavy atom. The van der Waals surface area contributed by atoms with E-state index >= 15 is 0 Å². The third kappa shape index (κ3) is 4.07. The highest BCUT2D eigenvalue weighted by molar-refractivity contribution is 6.04. The van der Waals surface area contributed by atoms with Crippen molar-refractivity contribution in [3.63, 3.8) is 0 Å². The second kappa shape index (κ2) is 6.90. The molecule has 21 heavy (non-hydrogen) atoms. The van der Waals surface area contributed by atoms with Crippen LogP contribution in [0.2, 0.25) is 0 Å². The summed E-state index contributed by atoms with van der Waals surface area (Å²) in [5.74, 6) is 0.460. The molecule has 4 heteroatoms. The summed E-state index contributed by atoms with van der Waals surface area (Å²) in [6.07, 6.45) is -0.567. The number of nitrogens with one attached hydrogen (secondary N) is 1. The standard InChI is InChI=1S/C17H19NO3/c1-3-21-16-9-5-7-14(11-16)17(20)18-15-8-4-6-13(10-15)12(2)19/h4-12,19H,3H2,1-2H3,(H,18,20). The Hall–Kier alpha value is -2.33. The highest BCUT2D eigenvalue weighted by Crippen LogP contribution is 2.19. The van der Waals surface area contributed by atoms with Gasteiger partial charge in [0.15, 0.2) is 0 Å². The van der Waals surface area contributed by atoms with Crippen LogP contribution in [0.1, 0.15) is 35.9 Å². The first-order chi connectivity index (χ1) is 10.1. The molecule has 0 heterocycles. The van der Waals surface area contributed by atoms with Crippen molar-refractivity contribution in [1.82, 2.24) is 0 Å². The molecule has 0 saturated heterocycles. The molecule has 0 fully saturated rings. The van der Waals surface area contributed by atoms with Crippen LogP contribution in [0.15, 0.2) is 48.5 Å². The molecule has 0 aliphatic carbocycles. The predicted molar refractivity (Wildman–Crippen MR) is 82.6 cm³/mol. The fourth-order valence-electron chi connectivity index (χ4n) is 1.97. The Labute approximate surface area is 124 Å². The lowest BCUT2D eigenvalue weighted by molar-refractivity contribution is 0.102. The predicted octanol–water partition coefficient (Wildman–Crippen LogP) is 3.39. The van der Waals surface area contributed by atoms with Crippen LogP contribution >= 0.6 is 0 Å². The van der Waals surface area contributed by atoms with Crippen molar-refractivity contribution < 1.29 is 14.6 Å². The number of carbonyl (C=O) groups is 1. The van der Waals surface area contributed by atoms with Crippen LogP contribution in [-0.4, -0.2) is 17.6 Å². The molecule has 1 unspecified atom stereocenters. The molecule has 2 N–H and O–H groups in total. The van der Waals surface area contributed by atoms with Gasteiger partial charge in [0.2, 0.25) is 0 Å². The van der Waals surface area contributed by atoms with Gasteiger partial charge in [0.25, 0.3) is 5.91 Å². The van der Waals surface area contributed by atoms with E-state index in [0.29, 0.717) is 23.6 Å². The first kappa shape index (κ1) is 15.1. The maximum absolute atomic E-state index is 12.2. The molecule has 1 amide bonds. The monoisotopic (exact) mass is 285 g/mol. The van der Waals surface area contributed by atoms with E-state index in [4.69, 9.17) is 4.74 Å². The van der Waals surface area contributed by atoms with Gasteiger partial charge in [-0.25, -0.2) is 0 Å². The van der Waals surface area contributed by atoms with Crippen LogP contribution in [0.5, 0.6) is 5.75 Å². The normalized spacial score (nSPS) is 11.8. The van der Waals surface area contributed by atoms with E-state index < -0.39 is 6.10 Å². The molecule has 2 aromatic carbocycles. The zero-order valence-electron chi connectivity index (χ0n) is 12.2. The van der Waals surface area contributed by atoms with Crippen molar-refractivity contribution in [3.8, 4) is 5.75 Å². The Kier molecular flexibility index (Phi) is 4.95. The third-order valence-corrected chi connectivity index (χ3v) is 3.03. The van der Waals surface area contributed by atoms with Gasteiger partial charge in [-0.05, 0) is 49.7 Å². The van der Waals surface area contributed by atoms with Gasteiger partial charge in [0, 0.05) is 11.3 Å². The van der Waals surface area contributed by atoms with Gasteiger partial charge in [-0.2, -0.15) is 0 Å². The van der Waals surface area contributed by atoms with Gasteiger partial charge in [0.05, 0.1) is 12.7 Å². The maximum atomic E-state index is 12.2. The molecule has 2 rings (SSSR count). The molecule has 110 valence electrons. The van der Waals surface area contributed by atoms with E-state index in [2.05, 4.69) is 5.32 Å². The molecule has 0 saturated carbocycles. The van der Waals surface area contributed by atoms with Crippen molar-refractivity contribution in [2.45, 2.75) is 20.0 Å². The van der Waals surface area contributed by atoms with Crippen LogP contribution in [0.3, 0.4) is 0 Å². The molecule has 0 aliphatic rings. The van der Waals surface area contributed by atoms with E-state index in [1.807, 2.05) is 19.1 Å². The van der Waals surface area contributed by atoms with E-state index in [9.17, 15) is 9.90 Å². The van der Waals surface area contributed by atoms with Gasteiger partial charge in [-0.15, -0.1) is 0 Å². The fraction of sp³-hybridized carbons (Fsp3) is 0.235. The number of anilines is 1. The van der Waals surface area contributed by atoms with Crippen LogP contribution in [0, 0.1) is 0 Å². The minimum absolute atomic E-state index is 0.209. The lowest BCUT2D eigenvalue weighted by Gasteiger charge is -2.10. The molecule has 0 aliphatic heterocycles. The summed E-state index contributed by atoms with van der Waals surface area (Å²) >= 11 is 0. The second-order valence-corrected chi connectivity index (χ2v) is 4.72. The average molecular weight is 285 g/mol. The van der Waals surface area contributed by atoms with E-state index in [0.717, 1.165) is 5.56 Å².